The highest BCUT2D eigenvalue weighted by Gasteiger charge is 2.00. The molecule has 0 aliphatic rings. The summed E-state index contributed by atoms with van der Waals surface area (Å²) in [5, 5.41) is 0. The van der Waals surface area contributed by atoms with Gasteiger partial charge in [0.25, 0.3) is 5.56 Å². The maximum atomic E-state index is 11.5. The Labute approximate surface area is 98.3 Å². The number of nitrogens with two attached hydrogens (primary N) is 1. The molecule has 0 bridgehead atoms. The van der Waals surface area contributed by atoms with E-state index in [2.05, 4.69) is 0 Å². The minimum atomic E-state index is -0.451. The molecule has 2 rings (SSSR count). The third-order valence-electron chi connectivity index (χ3n) is 2.49. The fourth-order valence-corrected chi connectivity index (χ4v) is 1.56. The Kier molecular flexibility index (Phi) is 3.05. The molecule has 2 N–H and O–H groups in total. The van der Waals surface area contributed by atoms with Gasteiger partial charge in [-0.05, 0) is 23.8 Å². The molecule has 4 heteroatoms. The Morgan fingerprint density at radius 2 is 1.82 bits per heavy atom. The summed E-state index contributed by atoms with van der Waals surface area (Å²) in [7, 11) is 0. The van der Waals surface area contributed by atoms with E-state index in [1.54, 1.807) is 47.2 Å². The predicted molar refractivity (Wildman–Crippen MR) is 64.8 cm³/mol. The van der Waals surface area contributed by atoms with E-state index in [0.717, 1.165) is 5.56 Å². The summed E-state index contributed by atoms with van der Waals surface area (Å²) >= 11 is 0. The van der Waals surface area contributed by atoms with Gasteiger partial charge in [-0.15, -0.1) is 0 Å². The molecule has 0 fully saturated rings. The fourth-order valence-electron chi connectivity index (χ4n) is 1.56. The quantitative estimate of drug-likeness (QED) is 0.851. The number of nitrogens with zero attached hydrogens (tertiary/aromatic N) is 1. The summed E-state index contributed by atoms with van der Waals surface area (Å²) in [6.45, 7) is 0.485. The first kappa shape index (κ1) is 11.1. The number of aromatic nitrogens is 1. The van der Waals surface area contributed by atoms with E-state index in [-0.39, 0.29) is 5.56 Å². The topological polar surface area (TPSA) is 65.1 Å². The number of hydrogen-bond donors (Lipinski definition) is 1. The molecule has 0 radical (unpaired) electrons. The number of benzene rings is 1. The summed E-state index contributed by atoms with van der Waals surface area (Å²) < 4.78 is 1.60. The average molecular weight is 228 g/mol. The van der Waals surface area contributed by atoms with Crippen LogP contribution in [0.15, 0.2) is 53.5 Å². The lowest BCUT2D eigenvalue weighted by Crippen LogP contribution is -2.18. The van der Waals surface area contributed by atoms with E-state index >= 15 is 0 Å². The molecule has 0 unspecified atom stereocenters. The van der Waals surface area contributed by atoms with Crippen molar-refractivity contribution in [1.82, 2.24) is 4.57 Å². The van der Waals surface area contributed by atoms with E-state index in [0.29, 0.717) is 12.1 Å². The van der Waals surface area contributed by atoms with Gasteiger partial charge in [0.2, 0.25) is 5.91 Å². The second kappa shape index (κ2) is 4.65. The van der Waals surface area contributed by atoms with Gasteiger partial charge in [-0.25, -0.2) is 0 Å². The summed E-state index contributed by atoms with van der Waals surface area (Å²) in [4.78, 5) is 22.4. The maximum Gasteiger partial charge on any atom is 0.250 e. The Balaban J connectivity index is 2.23. The Morgan fingerprint density at radius 3 is 2.41 bits per heavy atom. The van der Waals surface area contributed by atoms with Gasteiger partial charge < -0.3 is 10.3 Å². The van der Waals surface area contributed by atoms with Crippen molar-refractivity contribution in [1.29, 1.82) is 0 Å². The van der Waals surface area contributed by atoms with Crippen LogP contribution in [0.5, 0.6) is 0 Å². The minimum absolute atomic E-state index is 0.0496. The Hall–Kier alpha value is -2.36. The lowest BCUT2D eigenvalue weighted by molar-refractivity contribution is 0.100. The molecule has 86 valence electrons. The number of primary amides is 1. The summed E-state index contributed by atoms with van der Waals surface area (Å²) in [6, 6.07) is 11.9. The summed E-state index contributed by atoms with van der Waals surface area (Å²) in [5.41, 5.74) is 6.51. The van der Waals surface area contributed by atoms with Crippen molar-refractivity contribution in [3.63, 3.8) is 0 Å². The van der Waals surface area contributed by atoms with Gasteiger partial charge in [0, 0.05) is 17.8 Å². The van der Waals surface area contributed by atoms with Crippen molar-refractivity contribution in [2.75, 3.05) is 0 Å². The highest BCUT2D eigenvalue weighted by molar-refractivity contribution is 5.92. The number of hydrogen-bond acceptors (Lipinski definition) is 2. The molecule has 17 heavy (non-hydrogen) atoms. The number of carbonyl (C=O) groups is 1. The zero-order valence-electron chi connectivity index (χ0n) is 9.17. The zero-order valence-corrected chi connectivity index (χ0v) is 9.17. The van der Waals surface area contributed by atoms with Crippen LogP contribution in [0, 0.1) is 0 Å². The molecule has 2 aromatic rings. The number of rotatable bonds is 3. The molecule has 0 atom stereocenters. The normalized spacial score (nSPS) is 10.1. The molecule has 0 aliphatic carbocycles. The summed E-state index contributed by atoms with van der Waals surface area (Å²) in [6.07, 6.45) is 1.73. The third kappa shape index (κ3) is 2.60. The monoisotopic (exact) mass is 228 g/mol. The van der Waals surface area contributed by atoms with Gasteiger partial charge >= 0.3 is 0 Å². The average Bonchev–Trinajstić information content (AvgIpc) is 2.33. The van der Waals surface area contributed by atoms with Crippen LogP contribution >= 0.6 is 0 Å². The highest BCUT2D eigenvalue weighted by Crippen LogP contribution is 2.04. The van der Waals surface area contributed by atoms with Crippen LogP contribution < -0.4 is 11.3 Å². The van der Waals surface area contributed by atoms with Gasteiger partial charge in [0.1, 0.15) is 0 Å². The molecule has 1 aromatic carbocycles. The fraction of sp³-hybridized carbons (Fsp3) is 0.0769. The lowest BCUT2D eigenvalue weighted by atomic mass is 10.1. The van der Waals surface area contributed by atoms with Crippen molar-refractivity contribution >= 4 is 5.91 Å². The van der Waals surface area contributed by atoms with Gasteiger partial charge in [-0.2, -0.15) is 0 Å². The van der Waals surface area contributed by atoms with Crippen LogP contribution in [0.25, 0.3) is 0 Å². The second-order valence-electron chi connectivity index (χ2n) is 3.73. The van der Waals surface area contributed by atoms with E-state index in [9.17, 15) is 9.59 Å². The van der Waals surface area contributed by atoms with Crippen LogP contribution in [0.4, 0.5) is 0 Å². The molecular formula is C13H12N2O2. The lowest BCUT2D eigenvalue weighted by Gasteiger charge is -2.05. The largest absolute Gasteiger partial charge is 0.366 e. The first-order chi connectivity index (χ1) is 8.16. The maximum absolute atomic E-state index is 11.5. The van der Waals surface area contributed by atoms with E-state index < -0.39 is 5.91 Å². The number of pyridine rings is 1. The van der Waals surface area contributed by atoms with E-state index in [4.69, 9.17) is 5.73 Å². The second-order valence-corrected chi connectivity index (χ2v) is 3.73. The van der Waals surface area contributed by atoms with Crippen molar-refractivity contribution in [2.24, 2.45) is 5.73 Å². The minimum Gasteiger partial charge on any atom is -0.366 e. The molecular weight excluding hydrogens is 216 g/mol. The molecule has 1 amide bonds. The van der Waals surface area contributed by atoms with Crippen molar-refractivity contribution in [3.05, 3.63) is 70.1 Å². The van der Waals surface area contributed by atoms with Gasteiger partial charge in [0.15, 0.2) is 0 Å². The smallest absolute Gasteiger partial charge is 0.250 e. The standard InChI is InChI=1S/C13H12N2O2/c14-13(17)11-6-4-10(5-7-11)9-15-8-2-1-3-12(15)16/h1-8H,9H2,(H2,14,17). The Bertz CT molecular complexity index is 585. The third-order valence-corrected chi connectivity index (χ3v) is 2.49. The first-order valence-corrected chi connectivity index (χ1v) is 5.21. The summed E-state index contributed by atoms with van der Waals surface area (Å²) in [5.74, 6) is -0.451. The van der Waals surface area contributed by atoms with Crippen LogP contribution in [0.1, 0.15) is 15.9 Å². The van der Waals surface area contributed by atoms with Gasteiger partial charge in [-0.3, -0.25) is 9.59 Å². The molecule has 1 heterocycles. The highest BCUT2D eigenvalue weighted by atomic mass is 16.1. The Morgan fingerprint density at radius 1 is 1.12 bits per heavy atom. The van der Waals surface area contributed by atoms with Crippen LogP contribution in [0.3, 0.4) is 0 Å². The molecule has 0 saturated carbocycles. The molecule has 1 aromatic heterocycles. The van der Waals surface area contributed by atoms with Crippen LogP contribution in [-0.4, -0.2) is 10.5 Å². The van der Waals surface area contributed by atoms with E-state index in [1.165, 1.54) is 6.07 Å². The van der Waals surface area contributed by atoms with Crippen molar-refractivity contribution < 1.29 is 4.79 Å². The molecule has 4 nitrogen and oxygen atoms in total. The van der Waals surface area contributed by atoms with Crippen molar-refractivity contribution in [2.45, 2.75) is 6.54 Å². The van der Waals surface area contributed by atoms with Crippen LogP contribution in [0.2, 0.25) is 0 Å². The van der Waals surface area contributed by atoms with E-state index in [1.807, 2.05) is 0 Å². The number of amides is 1. The first-order valence-electron chi connectivity index (χ1n) is 5.21. The molecule has 0 spiro atoms. The van der Waals surface area contributed by atoms with Crippen LogP contribution in [-0.2, 0) is 6.54 Å². The molecule has 0 aliphatic heterocycles. The predicted octanol–water partition coefficient (Wildman–Crippen LogP) is 0.996. The van der Waals surface area contributed by atoms with Gasteiger partial charge in [0.05, 0.1) is 6.54 Å². The number of carbonyl (C=O) groups excluding carboxylic acids is 1. The van der Waals surface area contributed by atoms with Gasteiger partial charge in [-0.1, -0.05) is 18.2 Å². The SMILES string of the molecule is NC(=O)c1ccc(Cn2ccccc2=O)cc1. The zero-order chi connectivity index (χ0) is 12.3. The van der Waals surface area contributed by atoms with Crippen molar-refractivity contribution in [3.8, 4) is 0 Å². The molecule has 0 saturated heterocycles.